The third-order valence-electron chi connectivity index (χ3n) is 5.01. The van der Waals surface area contributed by atoms with Crippen LogP contribution in [0.2, 0.25) is 0 Å². The van der Waals surface area contributed by atoms with Crippen LogP contribution in [-0.2, 0) is 24.0 Å². The summed E-state index contributed by atoms with van der Waals surface area (Å²) >= 11 is 0. The predicted molar refractivity (Wildman–Crippen MR) is 127 cm³/mol. The van der Waals surface area contributed by atoms with E-state index < -0.39 is 53.8 Å². The Morgan fingerprint density at radius 3 is 1.35 bits per heavy atom. The Morgan fingerprint density at radius 2 is 1.00 bits per heavy atom. The van der Waals surface area contributed by atoms with Gasteiger partial charge >= 0.3 is 11.9 Å². The zero-order chi connectivity index (χ0) is 26.6. The van der Waals surface area contributed by atoms with Crippen molar-refractivity contribution in [3.8, 4) is 0 Å². The van der Waals surface area contributed by atoms with Gasteiger partial charge in [0.25, 0.3) is 0 Å². The molecule has 7 N–H and O–H groups in total. The standard InChI is InChI=1S/C23H42N4O7/c1-12(2)9-16(25-20(30)15(24)7-8-19(28)29)21(31)26-17(10-13(3)4)22(32)27-18(23(33)34)11-14(5)6/h12-18H,7-11,24H2,1-6H3,(H,25,30)(H,26,31)(H,27,32)(H,28,29)(H,33,34). The fourth-order valence-electron chi connectivity index (χ4n) is 3.33. The minimum atomic E-state index is -1.16. The van der Waals surface area contributed by atoms with Crippen LogP contribution in [0.15, 0.2) is 0 Å². The lowest BCUT2D eigenvalue weighted by molar-refractivity contribution is -0.143. The maximum Gasteiger partial charge on any atom is 0.326 e. The van der Waals surface area contributed by atoms with E-state index in [-0.39, 0.29) is 49.9 Å². The van der Waals surface area contributed by atoms with Gasteiger partial charge in [-0.25, -0.2) is 4.79 Å². The number of rotatable bonds is 16. The highest BCUT2D eigenvalue weighted by Gasteiger charge is 2.31. The van der Waals surface area contributed by atoms with Gasteiger partial charge in [-0.2, -0.15) is 0 Å². The number of nitrogens with one attached hydrogen (secondary N) is 3. The molecule has 4 atom stereocenters. The summed E-state index contributed by atoms with van der Waals surface area (Å²) in [6.07, 6.45) is 0.412. The van der Waals surface area contributed by atoms with Crippen molar-refractivity contribution >= 4 is 29.7 Å². The van der Waals surface area contributed by atoms with E-state index in [9.17, 15) is 29.1 Å². The maximum absolute atomic E-state index is 13.0. The molecule has 0 saturated carbocycles. The van der Waals surface area contributed by atoms with Gasteiger partial charge in [-0.05, 0) is 43.4 Å². The molecule has 0 aromatic carbocycles. The summed E-state index contributed by atoms with van der Waals surface area (Å²) in [5, 5.41) is 25.9. The van der Waals surface area contributed by atoms with Crippen molar-refractivity contribution in [2.45, 2.75) is 97.8 Å². The molecular formula is C23H42N4O7. The third kappa shape index (κ3) is 13.1. The summed E-state index contributed by atoms with van der Waals surface area (Å²) in [7, 11) is 0. The SMILES string of the molecule is CC(C)CC(NC(=O)C(CC(C)C)NC(=O)C(CC(C)C)NC(=O)C(N)CCC(=O)O)C(=O)O. The fourth-order valence-corrected chi connectivity index (χ4v) is 3.33. The highest BCUT2D eigenvalue weighted by molar-refractivity contribution is 5.94. The summed E-state index contributed by atoms with van der Waals surface area (Å²) < 4.78 is 0. The molecule has 11 nitrogen and oxygen atoms in total. The van der Waals surface area contributed by atoms with Crippen molar-refractivity contribution in [1.29, 1.82) is 0 Å². The molecule has 0 aromatic rings. The van der Waals surface area contributed by atoms with Crippen LogP contribution < -0.4 is 21.7 Å². The number of nitrogens with two attached hydrogens (primary N) is 1. The van der Waals surface area contributed by atoms with Gasteiger partial charge in [-0.15, -0.1) is 0 Å². The van der Waals surface area contributed by atoms with E-state index in [4.69, 9.17) is 10.8 Å². The number of hydrogen-bond donors (Lipinski definition) is 6. The first-order chi connectivity index (χ1) is 15.6. The Bertz CT molecular complexity index is 709. The van der Waals surface area contributed by atoms with Crippen LogP contribution in [0, 0.1) is 17.8 Å². The molecule has 0 bridgehead atoms. The third-order valence-corrected chi connectivity index (χ3v) is 5.01. The molecule has 0 aliphatic carbocycles. The van der Waals surface area contributed by atoms with Crippen molar-refractivity contribution in [1.82, 2.24) is 16.0 Å². The van der Waals surface area contributed by atoms with Gasteiger partial charge < -0.3 is 31.9 Å². The van der Waals surface area contributed by atoms with Gasteiger partial charge in [0.2, 0.25) is 17.7 Å². The van der Waals surface area contributed by atoms with Crippen molar-refractivity contribution < 1.29 is 34.2 Å². The van der Waals surface area contributed by atoms with Crippen LogP contribution in [0.25, 0.3) is 0 Å². The normalized spacial score (nSPS) is 14.9. The molecule has 11 heteroatoms. The average molecular weight is 487 g/mol. The van der Waals surface area contributed by atoms with Gasteiger partial charge in [0, 0.05) is 6.42 Å². The summed E-state index contributed by atoms with van der Waals surface area (Å²) in [6.45, 7) is 11.1. The molecule has 196 valence electrons. The number of carbonyl (C=O) groups is 5. The first-order valence-electron chi connectivity index (χ1n) is 11.7. The molecular weight excluding hydrogens is 444 g/mol. The maximum atomic E-state index is 13.0. The Hall–Kier alpha value is -2.69. The Kier molecular flexibility index (Phi) is 14.1. The quantitative estimate of drug-likeness (QED) is 0.185. The van der Waals surface area contributed by atoms with Gasteiger partial charge in [0.05, 0.1) is 6.04 Å². The second-order valence-electron chi connectivity index (χ2n) is 9.95. The van der Waals surface area contributed by atoms with Crippen LogP contribution in [0.3, 0.4) is 0 Å². The molecule has 0 heterocycles. The Labute approximate surface area is 201 Å². The van der Waals surface area contributed by atoms with Crippen LogP contribution in [0.1, 0.15) is 73.6 Å². The highest BCUT2D eigenvalue weighted by Crippen LogP contribution is 2.11. The second-order valence-corrected chi connectivity index (χ2v) is 9.95. The van der Waals surface area contributed by atoms with Crippen LogP contribution in [0.5, 0.6) is 0 Å². The fraction of sp³-hybridized carbons (Fsp3) is 0.783. The van der Waals surface area contributed by atoms with Crippen molar-refractivity contribution in [3.63, 3.8) is 0 Å². The molecule has 0 spiro atoms. The summed E-state index contributed by atoms with van der Waals surface area (Å²) in [5.41, 5.74) is 5.76. The molecule has 3 amide bonds. The van der Waals surface area contributed by atoms with E-state index in [0.717, 1.165) is 0 Å². The monoisotopic (exact) mass is 486 g/mol. The summed E-state index contributed by atoms with van der Waals surface area (Å²) in [6, 6.07) is -4.16. The molecule has 0 radical (unpaired) electrons. The molecule has 0 aliphatic heterocycles. The molecule has 0 saturated heterocycles. The van der Waals surface area contributed by atoms with Crippen LogP contribution >= 0.6 is 0 Å². The number of carboxylic acid groups (broad SMARTS) is 2. The second kappa shape index (κ2) is 15.3. The van der Waals surface area contributed by atoms with Crippen molar-refractivity contribution in [2.24, 2.45) is 23.5 Å². The first kappa shape index (κ1) is 31.3. The van der Waals surface area contributed by atoms with E-state index in [1.54, 1.807) is 0 Å². The molecule has 0 aliphatic rings. The lowest BCUT2D eigenvalue weighted by Crippen LogP contribution is -2.57. The van der Waals surface area contributed by atoms with E-state index in [1.807, 2.05) is 41.5 Å². The molecule has 0 fully saturated rings. The van der Waals surface area contributed by atoms with Gasteiger partial charge in [0.15, 0.2) is 0 Å². The number of carbonyl (C=O) groups excluding carboxylic acids is 3. The van der Waals surface area contributed by atoms with Gasteiger partial charge in [-0.3, -0.25) is 19.2 Å². The topological polar surface area (TPSA) is 188 Å². The number of amides is 3. The summed E-state index contributed by atoms with van der Waals surface area (Å²) in [5.74, 6) is -4.02. The largest absolute Gasteiger partial charge is 0.481 e. The van der Waals surface area contributed by atoms with Crippen molar-refractivity contribution in [2.75, 3.05) is 0 Å². The lowest BCUT2D eigenvalue weighted by Gasteiger charge is -2.27. The zero-order valence-corrected chi connectivity index (χ0v) is 21.1. The zero-order valence-electron chi connectivity index (χ0n) is 21.1. The molecule has 34 heavy (non-hydrogen) atoms. The molecule has 4 unspecified atom stereocenters. The van der Waals surface area contributed by atoms with Gasteiger partial charge in [0.1, 0.15) is 18.1 Å². The molecule has 0 rings (SSSR count). The Morgan fingerprint density at radius 1 is 0.647 bits per heavy atom. The number of aliphatic carboxylic acids is 2. The Balaban J connectivity index is 5.48. The molecule has 0 aromatic heterocycles. The number of hydrogen-bond acceptors (Lipinski definition) is 6. The number of carboxylic acids is 2. The minimum Gasteiger partial charge on any atom is -0.481 e. The highest BCUT2D eigenvalue weighted by atomic mass is 16.4. The van der Waals surface area contributed by atoms with E-state index in [1.165, 1.54) is 0 Å². The van der Waals surface area contributed by atoms with E-state index >= 15 is 0 Å². The van der Waals surface area contributed by atoms with Crippen LogP contribution in [0.4, 0.5) is 0 Å². The average Bonchev–Trinajstić information content (AvgIpc) is 2.68. The lowest BCUT2D eigenvalue weighted by atomic mass is 9.98. The van der Waals surface area contributed by atoms with Crippen LogP contribution in [-0.4, -0.2) is 64.0 Å². The predicted octanol–water partition coefficient (Wildman–Crippen LogP) is 0.856. The summed E-state index contributed by atoms with van der Waals surface area (Å²) in [4.78, 5) is 60.6. The van der Waals surface area contributed by atoms with E-state index in [2.05, 4.69) is 16.0 Å². The van der Waals surface area contributed by atoms with Crippen molar-refractivity contribution in [3.05, 3.63) is 0 Å². The first-order valence-corrected chi connectivity index (χ1v) is 11.7. The van der Waals surface area contributed by atoms with E-state index in [0.29, 0.717) is 0 Å². The minimum absolute atomic E-state index is 0.0195. The van der Waals surface area contributed by atoms with Gasteiger partial charge in [-0.1, -0.05) is 41.5 Å². The smallest absolute Gasteiger partial charge is 0.326 e.